The van der Waals surface area contributed by atoms with Crippen molar-refractivity contribution in [1.29, 1.82) is 0 Å². The Balaban J connectivity index is 1.36. The third-order valence-corrected chi connectivity index (χ3v) is 7.72. The van der Waals surface area contributed by atoms with Crippen molar-refractivity contribution in [2.24, 2.45) is 5.92 Å². The van der Waals surface area contributed by atoms with Crippen LogP contribution in [0, 0.1) is 5.92 Å². The van der Waals surface area contributed by atoms with Crippen LogP contribution in [0.4, 0.5) is 5.69 Å². The van der Waals surface area contributed by atoms with Gasteiger partial charge in [-0.3, -0.25) is 19.1 Å². The van der Waals surface area contributed by atoms with Gasteiger partial charge in [-0.2, -0.15) is 0 Å². The van der Waals surface area contributed by atoms with Crippen LogP contribution in [-0.4, -0.2) is 52.2 Å². The molecule has 4 N–H and O–H groups in total. The van der Waals surface area contributed by atoms with Crippen molar-refractivity contribution < 1.29 is 22.8 Å². The molecule has 1 aliphatic rings. The molecule has 1 saturated heterocycles. The number of carbonyl (C=O) groups excluding carboxylic acids is 3. The number of carbonyl (C=O) groups is 3. The summed E-state index contributed by atoms with van der Waals surface area (Å²) < 4.78 is 28.5. The Morgan fingerprint density at radius 1 is 0.789 bits per heavy atom. The van der Waals surface area contributed by atoms with Crippen LogP contribution >= 0.6 is 0 Å². The number of amides is 2. The van der Waals surface area contributed by atoms with Crippen molar-refractivity contribution in [2.45, 2.75) is 17.7 Å². The molecule has 1 aliphatic heterocycles. The lowest BCUT2D eigenvalue weighted by molar-refractivity contribution is -0.120. The van der Waals surface area contributed by atoms with E-state index in [9.17, 15) is 22.8 Å². The highest BCUT2D eigenvalue weighted by atomic mass is 32.2. The van der Waals surface area contributed by atoms with Gasteiger partial charge in [-0.25, -0.2) is 8.42 Å². The smallest absolute Gasteiger partial charge is 0.261 e. The molecule has 3 aromatic carbocycles. The van der Waals surface area contributed by atoms with Crippen molar-refractivity contribution in [3.05, 3.63) is 95.6 Å². The number of benzene rings is 3. The van der Waals surface area contributed by atoms with E-state index in [-0.39, 0.29) is 39.9 Å². The predicted octanol–water partition coefficient (Wildman–Crippen LogP) is 2.56. The van der Waals surface area contributed by atoms with Crippen molar-refractivity contribution in [1.82, 2.24) is 16.0 Å². The molecule has 0 radical (unpaired) electrons. The molecule has 198 valence electrons. The van der Waals surface area contributed by atoms with Crippen LogP contribution in [0.25, 0.3) is 0 Å². The molecule has 0 aliphatic carbocycles. The number of nitrogens with one attached hydrogen (secondary N) is 4. The standard InChI is InChI=1S/C28H30N4O5S/c33-26(30-18-20-14-16-29-17-15-20)19-31-28(35)22-10-12-23(13-11-22)38(36,37)32-25-9-5-4-8-24(25)27(34)21-6-2-1-3-7-21/h1-13,20,29,32H,14-19H2,(H,30,33)(H,31,35). The Morgan fingerprint density at radius 3 is 2.16 bits per heavy atom. The summed E-state index contributed by atoms with van der Waals surface area (Å²) in [5.74, 6) is -0.639. The molecular weight excluding hydrogens is 504 g/mol. The summed E-state index contributed by atoms with van der Waals surface area (Å²) in [6.45, 7) is 2.29. The van der Waals surface area contributed by atoms with Crippen LogP contribution in [0.3, 0.4) is 0 Å². The van der Waals surface area contributed by atoms with Crippen LogP contribution in [0.5, 0.6) is 0 Å². The van der Waals surface area contributed by atoms with E-state index in [1.165, 1.54) is 30.3 Å². The van der Waals surface area contributed by atoms with E-state index in [0.29, 0.717) is 18.0 Å². The summed E-state index contributed by atoms with van der Waals surface area (Å²) >= 11 is 0. The summed E-state index contributed by atoms with van der Waals surface area (Å²) in [5, 5.41) is 8.67. The quantitative estimate of drug-likeness (QED) is 0.296. The maximum atomic E-state index is 13.0. The molecule has 1 heterocycles. The van der Waals surface area contributed by atoms with Gasteiger partial charge in [0.05, 0.1) is 17.1 Å². The fourth-order valence-corrected chi connectivity index (χ4v) is 5.25. The molecule has 38 heavy (non-hydrogen) atoms. The SMILES string of the molecule is O=C(CNC(=O)c1ccc(S(=O)(=O)Nc2ccccc2C(=O)c2ccccc2)cc1)NCC1CCNCC1. The van der Waals surface area contributed by atoms with Crippen LogP contribution in [0.2, 0.25) is 0 Å². The minimum atomic E-state index is -4.04. The molecule has 1 fully saturated rings. The molecule has 0 spiro atoms. The molecule has 4 rings (SSSR count). The predicted molar refractivity (Wildman–Crippen MR) is 145 cm³/mol. The fraction of sp³-hybridized carbons (Fsp3) is 0.250. The second kappa shape index (κ2) is 12.5. The molecule has 0 aromatic heterocycles. The third-order valence-electron chi connectivity index (χ3n) is 6.33. The molecule has 2 amide bonds. The first-order chi connectivity index (χ1) is 18.3. The Labute approximate surface area is 222 Å². The first-order valence-corrected chi connectivity index (χ1v) is 13.9. The number of hydrogen-bond acceptors (Lipinski definition) is 6. The lowest BCUT2D eigenvalue weighted by Gasteiger charge is -2.22. The zero-order chi connectivity index (χ0) is 27.0. The van der Waals surface area contributed by atoms with Gasteiger partial charge in [0.25, 0.3) is 15.9 Å². The first kappa shape index (κ1) is 27.0. The summed E-state index contributed by atoms with van der Waals surface area (Å²) in [7, 11) is -4.04. The largest absolute Gasteiger partial charge is 0.354 e. The van der Waals surface area contributed by atoms with Gasteiger partial charge in [-0.1, -0.05) is 42.5 Å². The highest BCUT2D eigenvalue weighted by molar-refractivity contribution is 7.92. The van der Waals surface area contributed by atoms with Crippen LogP contribution in [0.15, 0.2) is 83.8 Å². The van der Waals surface area contributed by atoms with Crippen molar-refractivity contribution in [3.8, 4) is 0 Å². The Morgan fingerprint density at radius 2 is 1.45 bits per heavy atom. The maximum Gasteiger partial charge on any atom is 0.261 e. The van der Waals surface area contributed by atoms with Gasteiger partial charge in [0.1, 0.15) is 0 Å². The normalized spacial score (nSPS) is 13.9. The molecule has 0 bridgehead atoms. The van der Waals surface area contributed by atoms with E-state index in [0.717, 1.165) is 25.9 Å². The van der Waals surface area contributed by atoms with Gasteiger partial charge in [0, 0.05) is 23.2 Å². The number of para-hydroxylation sites is 1. The van der Waals surface area contributed by atoms with Gasteiger partial charge >= 0.3 is 0 Å². The van der Waals surface area contributed by atoms with Gasteiger partial charge in [-0.05, 0) is 68.2 Å². The summed E-state index contributed by atoms with van der Waals surface area (Å²) in [4.78, 5) is 37.4. The zero-order valence-corrected chi connectivity index (χ0v) is 21.6. The van der Waals surface area contributed by atoms with E-state index in [1.807, 2.05) is 0 Å². The summed E-state index contributed by atoms with van der Waals surface area (Å²) in [5.41, 5.74) is 1.03. The molecule has 9 nitrogen and oxygen atoms in total. The number of sulfonamides is 1. The fourth-order valence-electron chi connectivity index (χ4n) is 4.17. The number of ketones is 1. The molecular formula is C28H30N4O5S. The summed E-state index contributed by atoms with van der Waals surface area (Å²) in [6.07, 6.45) is 2.01. The average molecular weight is 535 g/mol. The maximum absolute atomic E-state index is 13.0. The lowest BCUT2D eigenvalue weighted by Crippen LogP contribution is -2.40. The lowest BCUT2D eigenvalue weighted by atomic mass is 9.98. The Bertz CT molecular complexity index is 1390. The second-order valence-electron chi connectivity index (χ2n) is 9.05. The Kier molecular flexibility index (Phi) is 8.88. The topological polar surface area (TPSA) is 133 Å². The average Bonchev–Trinajstić information content (AvgIpc) is 2.95. The Hall–Kier alpha value is -4.02. The molecule has 10 heteroatoms. The second-order valence-corrected chi connectivity index (χ2v) is 10.7. The van der Waals surface area contributed by atoms with E-state index in [1.54, 1.807) is 48.5 Å². The van der Waals surface area contributed by atoms with Gasteiger partial charge < -0.3 is 16.0 Å². The van der Waals surface area contributed by atoms with Gasteiger partial charge in [0.15, 0.2) is 5.78 Å². The van der Waals surface area contributed by atoms with E-state index >= 15 is 0 Å². The van der Waals surface area contributed by atoms with Gasteiger partial charge in [0.2, 0.25) is 5.91 Å². The van der Waals surface area contributed by atoms with Crippen LogP contribution in [-0.2, 0) is 14.8 Å². The molecule has 0 atom stereocenters. The van der Waals surface area contributed by atoms with Crippen molar-refractivity contribution in [2.75, 3.05) is 30.9 Å². The minimum absolute atomic E-state index is 0.0734. The molecule has 0 saturated carbocycles. The van der Waals surface area contributed by atoms with Crippen molar-refractivity contribution in [3.63, 3.8) is 0 Å². The van der Waals surface area contributed by atoms with Crippen molar-refractivity contribution >= 4 is 33.3 Å². The number of anilines is 1. The number of rotatable bonds is 10. The van der Waals surface area contributed by atoms with Crippen LogP contribution in [0.1, 0.15) is 39.1 Å². The molecule has 0 unspecified atom stereocenters. The van der Waals surface area contributed by atoms with E-state index in [2.05, 4.69) is 20.7 Å². The number of hydrogen-bond donors (Lipinski definition) is 4. The van der Waals surface area contributed by atoms with Gasteiger partial charge in [-0.15, -0.1) is 0 Å². The summed E-state index contributed by atoms with van der Waals surface area (Å²) in [6, 6.07) is 20.3. The van der Waals surface area contributed by atoms with Crippen LogP contribution < -0.4 is 20.7 Å². The zero-order valence-electron chi connectivity index (χ0n) is 20.8. The minimum Gasteiger partial charge on any atom is -0.354 e. The molecule has 3 aromatic rings. The highest BCUT2D eigenvalue weighted by Gasteiger charge is 2.20. The van der Waals surface area contributed by atoms with E-state index < -0.39 is 15.9 Å². The third kappa shape index (κ3) is 7.05. The van der Waals surface area contributed by atoms with E-state index in [4.69, 9.17) is 0 Å². The highest BCUT2D eigenvalue weighted by Crippen LogP contribution is 2.23. The monoisotopic (exact) mass is 534 g/mol. The number of piperidine rings is 1. The first-order valence-electron chi connectivity index (χ1n) is 12.4.